The van der Waals surface area contributed by atoms with Crippen LogP contribution in [0.4, 0.5) is 5.69 Å². The Kier molecular flexibility index (Phi) is 3.47. The van der Waals surface area contributed by atoms with Crippen molar-refractivity contribution < 1.29 is 4.74 Å². The van der Waals surface area contributed by atoms with E-state index in [4.69, 9.17) is 10.00 Å². The van der Waals surface area contributed by atoms with Crippen molar-refractivity contribution in [3.05, 3.63) is 28.2 Å². The fraction of sp³-hybridized carbons (Fsp3) is 0.417. The summed E-state index contributed by atoms with van der Waals surface area (Å²) in [4.78, 5) is 2.23. The maximum atomic E-state index is 9.10. The lowest BCUT2D eigenvalue weighted by molar-refractivity contribution is 0.0989. The zero-order valence-corrected chi connectivity index (χ0v) is 10.7. The number of morpholine rings is 1. The number of rotatable bonds is 1. The first-order valence-electron chi connectivity index (χ1n) is 5.26. The smallest absolute Gasteiger partial charge is 0.101 e. The Hall–Kier alpha value is -1.05. The van der Waals surface area contributed by atoms with E-state index in [1.165, 1.54) is 0 Å². The molecule has 0 N–H and O–H groups in total. The number of ether oxygens (including phenoxy) is 1. The first-order valence-corrected chi connectivity index (χ1v) is 6.05. The third-order valence-electron chi connectivity index (χ3n) is 2.76. The Morgan fingerprint density at radius 3 is 3.06 bits per heavy atom. The van der Waals surface area contributed by atoms with E-state index in [0.29, 0.717) is 6.04 Å². The molecule has 4 heteroatoms. The Morgan fingerprint density at radius 2 is 2.38 bits per heavy atom. The van der Waals surface area contributed by atoms with Gasteiger partial charge in [-0.25, -0.2) is 0 Å². The molecule has 0 radical (unpaired) electrons. The molecule has 0 amide bonds. The highest BCUT2D eigenvalue weighted by Crippen LogP contribution is 2.27. The van der Waals surface area contributed by atoms with E-state index in [2.05, 4.69) is 33.8 Å². The first kappa shape index (κ1) is 11.4. The molecule has 0 saturated carbocycles. The quantitative estimate of drug-likeness (QED) is 0.793. The van der Waals surface area contributed by atoms with Crippen molar-refractivity contribution in [3.8, 4) is 6.07 Å². The second kappa shape index (κ2) is 4.86. The van der Waals surface area contributed by atoms with Crippen LogP contribution in [0.5, 0.6) is 0 Å². The van der Waals surface area contributed by atoms with Crippen molar-refractivity contribution in [3.63, 3.8) is 0 Å². The van der Waals surface area contributed by atoms with Crippen molar-refractivity contribution in [2.24, 2.45) is 0 Å². The predicted octanol–water partition coefficient (Wildman–Crippen LogP) is 2.55. The number of nitrogens with zero attached hydrogens (tertiary/aromatic N) is 2. The number of benzene rings is 1. The van der Waals surface area contributed by atoms with Crippen molar-refractivity contribution in [2.75, 3.05) is 24.7 Å². The summed E-state index contributed by atoms with van der Waals surface area (Å²) >= 11 is 3.44. The predicted molar refractivity (Wildman–Crippen MR) is 66.5 cm³/mol. The highest BCUT2D eigenvalue weighted by atomic mass is 79.9. The van der Waals surface area contributed by atoms with Gasteiger partial charge >= 0.3 is 0 Å². The van der Waals surface area contributed by atoms with Crippen LogP contribution in [-0.2, 0) is 4.74 Å². The second-order valence-electron chi connectivity index (χ2n) is 3.89. The van der Waals surface area contributed by atoms with Gasteiger partial charge in [-0.15, -0.1) is 0 Å². The topological polar surface area (TPSA) is 36.3 Å². The summed E-state index contributed by atoms with van der Waals surface area (Å²) in [6.45, 7) is 4.40. The van der Waals surface area contributed by atoms with Gasteiger partial charge < -0.3 is 9.64 Å². The number of hydrogen-bond donors (Lipinski definition) is 0. The molecule has 1 aromatic carbocycles. The molecule has 1 aromatic rings. The summed E-state index contributed by atoms with van der Waals surface area (Å²) in [6, 6.07) is 8.30. The standard InChI is InChI=1S/C12H13BrN2O/c1-9-8-16-5-4-15(9)12-6-11(13)3-2-10(12)7-14/h2-3,6,9H,4-5,8H2,1H3. The van der Waals surface area contributed by atoms with Crippen LogP contribution in [0.1, 0.15) is 12.5 Å². The van der Waals surface area contributed by atoms with E-state index in [0.717, 1.165) is 35.5 Å². The second-order valence-corrected chi connectivity index (χ2v) is 4.81. The first-order chi connectivity index (χ1) is 7.72. The summed E-state index contributed by atoms with van der Waals surface area (Å²) in [5, 5.41) is 9.10. The van der Waals surface area contributed by atoms with Crippen LogP contribution in [0.3, 0.4) is 0 Å². The molecular weight excluding hydrogens is 268 g/mol. The summed E-state index contributed by atoms with van der Waals surface area (Å²) in [7, 11) is 0. The minimum Gasteiger partial charge on any atom is -0.377 e. The van der Waals surface area contributed by atoms with Gasteiger partial charge in [0.2, 0.25) is 0 Å². The maximum Gasteiger partial charge on any atom is 0.101 e. The van der Waals surface area contributed by atoms with Gasteiger partial charge in [-0.1, -0.05) is 15.9 Å². The highest BCUT2D eigenvalue weighted by Gasteiger charge is 2.21. The number of halogens is 1. The average Bonchev–Trinajstić information content (AvgIpc) is 2.29. The van der Waals surface area contributed by atoms with Crippen molar-refractivity contribution >= 4 is 21.6 Å². The van der Waals surface area contributed by atoms with Gasteiger partial charge in [0.1, 0.15) is 6.07 Å². The molecule has 2 rings (SSSR count). The molecule has 1 unspecified atom stereocenters. The van der Waals surface area contributed by atoms with Gasteiger partial charge in [0, 0.05) is 17.1 Å². The van der Waals surface area contributed by atoms with Gasteiger partial charge in [0.15, 0.2) is 0 Å². The molecule has 0 aliphatic carbocycles. The fourth-order valence-electron chi connectivity index (χ4n) is 1.92. The normalized spacial score (nSPS) is 20.6. The van der Waals surface area contributed by atoms with Crippen LogP contribution in [-0.4, -0.2) is 25.8 Å². The van der Waals surface area contributed by atoms with Crippen LogP contribution in [0.2, 0.25) is 0 Å². The number of hydrogen-bond acceptors (Lipinski definition) is 3. The molecular formula is C12H13BrN2O. The lowest BCUT2D eigenvalue weighted by Crippen LogP contribution is -2.44. The molecule has 1 fully saturated rings. The molecule has 1 atom stereocenters. The molecule has 0 bridgehead atoms. The van der Waals surface area contributed by atoms with E-state index in [-0.39, 0.29) is 0 Å². The maximum absolute atomic E-state index is 9.10. The Bertz CT molecular complexity index is 428. The zero-order chi connectivity index (χ0) is 11.5. The van der Waals surface area contributed by atoms with E-state index in [1.54, 1.807) is 0 Å². The molecule has 1 saturated heterocycles. The largest absolute Gasteiger partial charge is 0.377 e. The third kappa shape index (κ3) is 2.21. The monoisotopic (exact) mass is 280 g/mol. The van der Waals surface area contributed by atoms with Gasteiger partial charge in [-0.2, -0.15) is 5.26 Å². The Balaban J connectivity index is 2.38. The summed E-state index contributed by atoms with van der Waals surface area (Å²) in [6.07, 6.45) is 0. The van der Waals surface area contributed by atoms with E-state index < -0.39 is 0 Å². The SMILES string of the molecule is CC1COCCN1c1cc(Br)ccc1C#N. The van der Waals surface area contributed by atoms with E-state index in [1.807, 2.05) is 18.2 Å². The fourth-order valence-corrected chi connectivity index (χ4v) is 2.27. The zero-order valence-electron chi connectivity index (χ0n) is 9.11. The van der Waals surface area contributed by atoms with Crippen molar-refractivity contribution in [2.45, 2.75) is 13.0 Å². The highest BCUT2D eigenvalue weighted by molar-refractivity contribution is 9.10. The van der Waals surface area contributed by atoms with Crippen LogP contribution in [0.25, 0.3) is 0 Å². The van der Waals surface area contributed by atoms with Gasteiger partial charge in [0.05, 0.1) is 24.5 Å². The van der Waals surface area contributed by atoms with Crippen molar-refractivity contribution in [1.29, 1.82) is 5.26 Å². The Morgan fingerprint density at radius 1 is 1.56 bits per heavy atom. The molecule has 16 heavy (non-hydrogen) atoms. The van der Waals surface area contributed by atoms with Gasteiger partial charge in [-0.3, -0.25) is 0 Å². The third-order valence-corrected chi connectivity index (χ3v) is 3.25. The lowest BCUT2D eigenvalue weighted by Gasteiger charge is -2.35. The molecule has 1 aliphatic heterocycles. The minimum absolute atomic E-state index is 0.315. The van der Waals surface area contributed by atoms with Crippen molar-refractivity contribution in [1.82, 2.24) is 0 Å². The summed E-state index contributed by atoms with van der Waals surface area (Å²) in [5.74, 6) is 0. The number of anilines is 1. The van der Waals surface area contributed by atoms with Crippen LogP contribution in [0.15, 0.2) is 22.7 Å². The van der Waals surface area contributed by atoms with Crippen LogP contribution >= 0.6 is 15.9 Å². The summed E-state index contributed by atoms with van der Waals surface area (Å²) < 4.78 is 6.40. The minimum atomic E-state index is 0.315. The Labute approximate surface area is 104 Å². The molecule has 1 heterocycles. The molecule has 0 spiro atoms. The lowest BCUT2D eigenvalue weighted by atomic mass is 10.1. The van der Waals surface area contributed by atoms with E-state index >= 15 is 0 Å². The average molecular weight is 281 g/mol. The van der Waals surface area contributed by atoms with Gasteiger partial charge in [-0.05, 0) is 25.1 Å². The molecule has 0 aromatic heterocycles. The van der Waals surface area contributed by atoms with Crippen LogP contribution in [0, 0.1) is 11.3 Å². The van der Waals surface area contributed by atoms with Gasteiger partial charge in [0.25, 0.3) is 0 Å². The molecule has 3 nitrogen and oxygen atoms in total. The molecule has 1 aliphatic rings. The molecule has 84 valence electrons. The number of nitriles is 1. The van der Waals surface area contributed by atoms with E-state index in [9.17, 15) is 0 Å². The summed E-state index contributed by atoms with van der Waals surface area (Å²) in [5.41, 5.74) is 1.71. The van der Waals surface area contributed by atoms with Crippen LogP contribution < -0.4 is 4.90 Å².